The molecule has 1 amide bonds. The first-order chi connectivity index (χ1) is 13.1. The lowest BCUT2D eigenvalue weighted by Gasteiger charge is -2.22. The van der Waals surface area contributed by atoms with E-state index < -0.39 is 0 Å². The maximum Gasteiger partial charge on any atom is 0.273 e. The second-order valence-corrected chi connectivity index (χ2v) is 5.99. The Labute approximate surface area is 156 Å². The summed E-state index contributed by atoms with van der Waals surface area (Å²) in [7, 11) is 0. The molecule has 1 aromatic carbocycles. The number of hydrogen-bond donors (Lipinski definition) is 3. The Morgan fingerprint density at radius 1 is 1.41 bits per heavy atom. The van der Waals surface area contributed by atoms with E-state index in [0.717, 1.165) is 17.5 Å². The second-order valence-electron chi connectivity index (χ2n) is 5.99. The van der Waals surface area contributed by atoms with E-state index in [0.29, 0.717) is 36.0 Å². The topological polar surface area (TPSA) is 148 Å². The van der Waals surface area contributed by atoms with Crippen molar-refractivity contribution in [2.45, 2.75) is 19.8 Å². The fourth-order valence-corrected chi connectivity index (χ4v) is 2.70. The summed E-state index contributed by atoms with van der Waals surface area (Å²) in [5, 5.41) is 15.2. The van der Waals surface area contributed by atoms with E-state index in [9.17, 15) is 4.79 Å². The minimum absolute atomic E-state index is 0.233. The second kappa shape index (κ2) is 8.52. The zero-order valence-electron chi connectivity index (χ0n) is 15.1. The van der Waals surface area contributed by atoms with Crippen LogP contribution in [-0.2, 0) is 9.63 Å². The molecule has 5 N–H and O–H groups in total. The number of aliphatic imine (C=N–C) groups is 1. The van der Waals surface area contributed by atoms with Crippen LogP contribution in [0.3, 0.4) is 0 Å². The number of carbonyl (C=O) groups is 1. The highest BCUT2D eigenvalue weighted by Crippen LogP contribution is 2.30. The van der Waals surface area contributed by atoms with Crippen LogP contribution in [-0.4, -0.2) is 57.1 Å². The molecule has 1 aromatic heterocycles. The Morgan fingerprint density at radius 2 is 2.26 bits per heavy atom. The van der Waals surface area contributed by atoms with Crippen molar-refractivity contribution in [3.8, 4) is 11.4 Å². The molecule has 1 aliphatic rings. The van der Waals surface area contributed by atoms with Gasteiger partial charge in [0.2, 0.25) is 5.82 Å². The molecule has 0 radical (unpaired) electrons. The van der Waals surface area contributed by atoms with Gasteiger partial charge >= 0.3 is 0 Å². The third-order valence-corrected chi connectivity index (χ3v) is 3.89. The molecule has 0 fully saturated rings. The zero-order chi connectivity index (χ0) is 19.2. The fourth-order valence-electron chi connectivity index (χ4n) is 2.70. The summed E-state index contributed by atoms with van der Waals surface area (Å²) in [6.07, 6.45) is 2.78. The number of tetrazole rings is 1. The van der Waals surface area contributed by atoms with Crippen LogP contribution in [0.5, 0.6) is 0 Å². The predicted octanol–water partition coefficient (Wildman–Crippen LogP) is 0.771. The summed E-state index contributed by atoms with van der Waals surface area (Å²) in [6.45, 7) is 3.04. The number of H-pyrrole nitrogens is 1. The molecule has 0 atom stereocenters. The van der Waals surface area contributed by atoms with Gasteiger partial charge in [-0.3, -0.25) is 9.63 Å². The van der Waals surface area contributed by atoms with Gasteiger partial charge in [-0.15, -0.1) is 10.2 Å². The number of amides is 1. The van der Waals surface area contributed by atoms with Gasteiger partial charge in [-0.25, -0.2) is 10.1 Å². The molecule has 0 unspecified atom stereocenters. The first-order valence-corrected chi connectivity index (χ1v) is 8.68. The molecule has 0 saturated heterocycles. The third-order valence-electron chi connectivity index (χ3n) is 3.89. The van der Waals surface area contributed by atoms with E-state index in [4.69, 9.17) is 16.3 Å². The predicted molar refractivity (Wildman–Crippen MR) is 101 cm³/mol. The number of hydroxylamine groups is 2. The van der Waals surface area contributed by atoms with Crippen molar-refractivity contribution in [3.63, 3.8) is 0 Å². The Balaban J connectivity index is 1.92. The van der Waals surface area contributed by atoms with Gasteiger partial charge < -0.3 is 11.5 Å². The van der Waals surface area contributed by atoms with E-state index in [-0.39, 0.29) is 18.9 Å². The number of hydrogen-bond acceptors (Lipinski definition) is 8. The van der Waals surface area contributed by atoms with E-state index in [1.54, 1.807) is 6.08 Å². The van der Waals surface area contributed by atoms with E-state index >= 15 is 0 Å². The minimum Gasteiger partial charge on any atom is -0.387 e. The number of amidine groups is 1. The van der Waals surface area contributed by atoms with Gasteiger partial charge in [0.1, 0.15) is 5.84 Å². The van der Waals surface area contributed by atoms with Gasteiger partial charge in [-0.1, -0.05) is 19.1 Å². The molecule has 10 heteroatoms. The first-order valence-electron chi connectivity index (χ1n) is 8.68. The summed E-state index contributed by atoms with van der Waals surface area (Å²) in [6, 6.07) is 5.50. The summed E-state index contributed by atoms with van der Waals surface area (Å²) in [5.41, 5.74) is 14.2. The molecule has 3 rings (SSSR count). The van der Waals surface area contributed by atoms with Crippen LogP contribution >= 0.6 is 0 Å². The monoisotopic (exact) mass is 370 g/mol. The average Bonchev–Trinajstić information content (AvgIpc) is 3.14. The maximum absolute atomic E-state index is 12.9. The summed E-state index contributed by atoms with van der Waals surface area (Å²) in [5.74, 6) is 0.563. The molecule has 142 valence electrons. The molecule has 0 bridgehead atoms. The van der Waals surface area contributed by atoms with Crippen molar-refractivity contribution in [2.24, 2.45) is 16.5 Å². The number of nitrogens with zero attached hydrogens (tertiary/aromatic N) is 5. The molecule has 2 heterocycles. The zero-order valence-corrected chi connectivity index (χ0v) is 15.1. The molecule has 0 spiro atoms. The van der Waals surface area contributed by atoms with Crippen LogP contribution in [0.2, 0.25) is 0 Å². The summed E-state index contributed by atoms with van der Waals surface area (Å²) in [4.78, 5) is 22.8. The van der Waals surface area contributed by atoms with Crippen molar-refractivity contribution in [3.05, 3.63) is 29.3 Å². The van der Waals surface area contributed by atoms with Crippen molar-refractivity contribution in [2.75, 3.05) is 19.7 Å². The highest BCUT2D eigenvalue weighted by Gasteiger charge is 2.22. The molecule has 27 heavy (non-hydrogen) atoms. The first kappa shape index (κ1) is 18.7. The van der Waals surface area contributed by atoms with Gasteiger partial charge in [0.05, 0.1) is 12.3 Å². The largest absolute Gasteiger partial charge is 0.387 e. The Hall–Kier alpha value is -3.11. The van der Waals surface area contributed by atoms with Crippen LogP contribution in [0.25, 0.3) is 17.5 Å². The molecule has 0 saturated carbocycles. The van der Waals surface area contributed by atoms with Crippen molar-refractivity contribution < 1.29 is 9.63 Å². The van der Waals surface area contributed by atoms with Gasteiger partial charge in [-0.2, -0.15) is 5.21 Å². The van der Waals surface area contributed by atoms with Crippen molar-refractivity contribution >= 4 is 23.5 Å². The number of nitrogens with one attached hydrogen (secondary N) is 1. The van der Waals surface area contributed by atoms with Crippen LogP contribution in [0.1, 0.15) is 25.3 Å². The number of aromatic amines is 1. The van der Waals surface area contributed by atoms with Gasteiger partial charge in [0.25, 0.3) is 5.91 Å². The summed E-state index contributed by atoms with van der Waals surface area (Å²) >= 11 is 0. The van der Waals surface area contributed by atoms with Crippen LogP contribution in [0.15, 0.2) is 28.8 Å². The lowest BCUT2D eigenvalue weighted by Crippen LogP contribution is -2.35. The minimum atomic E-state index is -0.237. The molecular formula is C17H22N8O2. The smallest absolute Gasteiger partial charge is 0.273 e. The Bertz CT molecular complexity index is 860. The van der Waals surface area contributed by atoms with E-state index in [2.05, 4.69) is 25.6 Å². The fraction of sp³-hybridized carbons (Fsp3) is 0.353. The molecule has 2 aromatic rings. The van der Waals surface area contributed by atoms with Crippen LogP contribution in [0.4, 0.5) is 5.69 Å². The number of rotatable bonds is 7. The molecule has 0 aliphatic carbocycles. The molecular weight excluding hydrogens is 348 g/mol. The number of benzene rings is 1. The van der Waals surface area contributed by atoms with Crippen molar-refractivity contribution in [1.82, 2.24) is 25.7 Å². The van der Waals surface area contributed by atoms with E-state index in [1.165, 1.54) is 5.06 Å². The highest BCUT2D eigenvalue weighted by molar-refractivity contribution is 6.05. The lowest BCUT2D eigenvalue weighted by atomic mass is 10.0. The quantitative estimate of drug-likeness (QED) is 0.609. The molecule has 10 nitrogen and oxygen atoms in total. The number of fused-ring (bicyclic) bond motifs is 1. The Kier molecular flexibility index (Phi) is 5.89. The summed E-state index contributed by atoms with van der Waals surface area (Å²) < 4.78 is 0. The molecule has 1 aliphatic heterocycles. The number of aromatic nitrogens is 4. The normalized spacial score (nSPS) is 13.4. The average molecular weight is 370 g/mol. The van der Waals surface area contributed by atoms with Crippen LogP contribution in [0, 0.1) is 0 Å². The lowest BCUT2D eigenvalue weighted by molar-refractivity contribution is -0.181. The number of carbonyl (C=O) groups excluding carboxylic acids is 1. The number of nitrogens with two attached hydrogens (primary N) is 2. The standard InChI is InChI=1S/C17H22N8O2/c1-2-6-25(27-7-5-18)17(26)13-8-11-3-4-12(16-21-23-24-22-16)9-14(11)20-15(19)10-13/h3-4,8-9H,2,5-7,10,18H2,1H3,(H2,19,20)(H,21,22,23,24). The van der Waals surface area contributed by atoms with Crippen LogP contribution < -0.4 is 11.5 Å². The maximum atomic E-state index is 12.9. The van der Waals surface area contributed by atoms with Crippen molar-refractivity contribution in [1.29, 1.82) is 0 Å². The third kappa shape index (κ3) is 4.36. The highest BCUT2D eigenvalue weighted by atomic mass is 16.7. The van der Waals surface area contributed by atoms with Gasteiger partial charge in [0, 0.05) is 36.2 Å². The van der Waals surface area contributed by atoms with Gasteiger partial charge in [0.15, 0.2) is 0 Å². The van der Waals surface area contributed by atoms with Gasteiger partial charge in [-0.05, 0) is 23.8 Å². The van der Waals surface area contributed by atoms with E-state index in [1.807, 2.05) is 25.1 Å². The Morgan fingerprint density at radius 3 is 2.96 bits per heavy atom. The SMILES string of the molecule is CCCN(OCCN)C(=O)C1=Cc2ccc(-c3nn[nH]n3)cc2N=C(N)C1.